The number of thiophene rings is 1. The first-order valence-electron chi connectivity index (χ1n) is 7.50. The zero-order chi connectivity index (χ0) is 16.4. The Bertz CT molecular complexity index is 618. The third-order valence-corrected chi connectivity index (χ3v) is 5.09. The number of nitrogens with zero attached hydrogens (tertiary/aromatic N) is 3. The summed E-state index contributed by atoms with van der Waals surface area (Å²) in [5.74, 6) is -0.214. The van der Waals surface area contributed by atoms with Gasteiger partial charge in [-0.05, 0) is 18.9 Å². The molecule has 0 N–H and O–H groups in total. The Morgan fingerprint density at radius 1 is 1.22 bits per heavy atom. The minimum Gasteiger partial charge on any atom is -0.368 e. The van der Waals surface area contributed by atoms with Gasteiger partial charge in [0.25, 0.3) is 11.8 Å². The molecule has 1 unspecified atom stereocenters. The van der Waals surface area contributed by atoms with Crippen LogP contribution in [0.2, 0.25) is 0 Å². The first-order valence-corrected chi connectivity index (χ1v) is 8.32. The summed E-state index contributed by atoms with van der Waals surface area (Å²) in [5, 5.41) is 10.7. The summed E-state index contributed by atoms with van der Waals surface area (Å²) < 4.78 is 5.40. The van der Waals surface area contributed by atoms with E-state index in [0.29, 0.717) is 37.7 Å². The van der Waals surface area contributed by atoms with Crippen LogP contribution in [0, 0.1) is 10.1 Å². The number of carbonyl (C=O) groups excluding carboxylic acids is 2. The van der Waals surface area contributed by atoms with Gasteiger partial charge in [0.2, 0.25) is 0 Å². The van der Waals surface area contributed by atoms with Gasteiger partial charge in [-0.2, -0.15) is 0 Å². The second-order valence-corrected chi connectivity index (χ2v) is 6.58. The Kier molecular flexibility index (Phi) is 4.58. The maximum absolute atomic E-state index is 12.4. The monoisotopic (exact) mass is 339 g/mol. The van der Waals surface area contributed by atoms with Crippen molar-refractivity contribution in [1.82, 2.24) is 9.80 Å². The molecule has 2 amide bonds. The molecule has 1 aromatic rings. The van der Waals surface area contributed by atoms with Crippen LogP contribution in [0.5, 0.6) is 0 Å². The molecule has 0 aliphatic carbocycles. The van der Waals surface area contributed by atoms with Crippen LogP contribution >= 0.6 is 11.3 Å². The van der Waals surface area contributed by atoms with Gasteiger partial charge >= 0.3 is 5.00 Å². The second-order valence-electron chi connectivity index (χ2n) is 5.51. The number of nitro groups is 1. The lowest BCUT2D eigenvalue weighted by Gasteiger charge is -2.35. The van der Waals surface area contributed by atoms with E-state index < -0.39 is 4.92 Å². The summed E-state index contributed by atoms with van der Waals surface area (Å²) in [7, 11) is 0. The van der Waals surface area contributed by atoms with Gasteiger partial charge in [-0.1, -0.05) is 11.3 Å². The summed E-state index contributed by atoms with van der Waals surface area (Å²) in [4.78, 5) is 38.5. The average Bonchev–Trinajstić information content (AvgIpc) is 3.25. The van der Waals surface area contributed by atoms with Crippen molar-refractivity contribution in [3.63, 3.8) is 0 Å². The summed E-state index contributed by atoms with van der Waals surface area (Å²) in [6, 6.07) is 2.82. The standard InChI is InChI=1S/C14H17N3O5S/c18-13(10-2-1-9-22-10)15-5-7-16(8-6-15)14(19)11-3-4-12(23-11)17(20)21/h3-4,10H,1-2,5-9H2. The molecule has 0 bridgehead atoms. The highest BCUT2D eigenvalue weighted by molar-refractivity contribution is 7.17. The first kappa shape index (κ1) is 15.9. The lowest BCUT2D eigenvalue weighted by Crippen LogP contribution is -2.52. The molecule has 0 aromatic carbocycles. The van der Waals surface area contributed by atoms with Crippen molar-refractivity contribution in [3.8, 4) is 0 Å². The molecule has 1 atom stereocenters. The predicted molar refractivity (Wildman–Crippen MR) is 82.4 cm³/mol. The number of rotatable bonds is 3. The Balaban J connectivity index is 1.56. The fourth-order valence-electron chi connectivity index (χ4n) is 2.80. The van der Waals surface area contributed by atoms with Crippen LogP contribution in [0.4, 0.5) is 5.00 Å². The lowest BCUT2D eigenvalue weighted by molar-refractivity contribution is -0.380. The molecule has 2 saturated heterocycles. The maximum atomic E-state index is 12.4. The van der Waals surface area contributed by atoms with E-state index in [-0.39, 0.29) is 22.9 Å². The minimum atomic E-state index is -0.500. The molecule has 3 rings (SSSR count). The van der Waals surface area contributed by atoms with Crippen molar-refractivity contribution < 1.29 is 19.2 Å². The molecule has 2 aliphatic heterocycles. The van der Waals surface area contributed by atoms with Crippen LogP contribution < -0.4 is 0 Å². The van der Waals surface area contributed by atoms with Crippen molar-refractivity contribution in [2.45, 2.75) is 18.9 Å². The molecule has 2 fully saturated rings. The number of ether oxygens (including phenoxy) is 1. The number of amides is 2. The fourth-order valence-corrected chi connectivity index (χ4v) is 3.59. The van der Waals surface area contributed by atoms with Crippen LogP contribution in [0.1, 0.15) is 22.5 Å². The number of piperazine rings is 1. The molecular formula is C14H17N3O5S. The van der Waals surface area contributed by atoms with E-state index in [1.54, 1.807) is 9.80 Å². The molecular weight excluding hydrogens is 322 g/mol. The molecule has 1 aromatic heterocycles. The van der Waals surface area contributed by atoms with Gasteiger partial charge in [0.1, 0.15) is 6.10 Å². The second kappa shape index (κ2) is 6.63. The van der Waals surface area contributed by atoms with Crippen LogP contribution in [0.25, 0.3) is 0 Å². The number of hydrogen-bond acceptors (Lipinski definition) is 6. The smallest absolute Gasteiger partial charge is 0.324 e. The van der Waals surface area contributed by atoms with E-state index in [0.717, 1.165) is 24.2 Å². The Hall–Kier alpha value is -2.00. The van der Waals surface area contributed by atoms with Crippen LogP contribution in [-0.4, -0.2) is 65.4 Å². The van der Waals surface area contributed by atoms with Crippen molar-refractivity contribution >= 4 is 28.2 Å². The van der Waals surface area contributed by atoms with E-state index >= 15 is 0 Å². The average molecular weight is 339 g/mol. The number of hydrogen-bond donors (Lipinski definition) is 0. The Morgan fingerprint density at radius 3 is 2.48 bits per heavy atom. The van der Waals surface area contributed by atoms with E-state index in [2.05, 4.69) is 0 Å². The molecule has 3 heterocycles. The molecule has 9 heteroatoms. The molecule has 8 nitrogen and oxygen atoms in total. The normalized spacial score (nSPS) is 21.5. The lowest BCUT2D eigenvalue weighted by atomic mass is 10.2. The number of carbonyl (C=O) groups is 2. The third kappa shape index (κ3) is 3.35. The van der Waals surface area contributed by atoms with E-state index in [1.165, 1.54) is 12.1 Å². The van der Waals surface area contributed by atoms with Gasteiger partial charge in [-0.3, -0.25) is 19.7 Å². The predicted octanol–water partition coefficient (Wildman–Crippen LogP) is 1.12. The van der Waals surface area contributed by atoms with Crippen LogP contribution in [0.15, 0.2) is 12.1 Å². The zero-order valence-corrected chi connectivity index (χ0v) is 13.3. The van der Waals surface area contributed by atoms with Crippen molar-refractivity contribution in [2.75, 3.05) is 32.8 Å². The van der Waals surface area contributed by atoms with Gasteiger partial charge < -0.3 is 14.5 Å². The quantitative estimate of drug-likeness (QED) is 0.608. The van der Waals surface area contributed by atoms with Crippen LogP contribution in [0.3, 0.4) is 0 Å². The van der Waals surface area contributed by atoms with E-state index in [9.17, 15) is 19.7 Å². The maximum Gasteiger partial charge on any atom is 0.324 e. The van der Waals surface area contributed by atoms with Gasteiger partial charge in [0, 0.05) is 38.9 Å². The van der Waals surface area contributed by atoms with E-state index in [4.69, 9.17) is 4.74 Å². The van der Waals surface area contributed by atoms with Gasteiger partial charge in [0.15, 0.2) is 0 Å². The highest BCUT2D eigenvalue weighted by Crippen LogP contribution is 2.25. The molecule has 0 spiro atoms. The van der Waals surface area contributed by atoms with Crippen LogP contribution in [-0.2, 0) is 9.53 Å². The fraction of sp³-hybridized carbons (Fsp3) is 0.571. The van der Waals surface area contributed by atoms with Crippen molar-refractivity contribution in [3.05, 3.63) is 27.1 Å². The SMILES string of the molecule is O=C(c1ccc([N+](=O)[O-])s1)N1CCN(C(=O)C2CCCO2)CC1. The van der Waals surface area contributed by atoms with Gasteiger partial charge in [-0.15, -0.1) is 0 Å². The molecule has 0 saturated carbocycles. The van der Waals surface area contributed by atoms with Crippen molar-refractivity contribution in [2.24, 2.45) is 0 Å². The summed E-state index contributed by atoms with van der Waals surface area (Å²) in [5.41, 5.74) is 0. The molecule has 0 radical (unpaired) electrons. The highest BCUT2D eigenvalue weighted by Gasteiger charge is 2.32. The van der Waals surface area contributed by atoms with Crippen molar-refractivity contribution in [1.29, 1.82) is 0 Å². The molecule has 124 valence electrons. The minimum absolute atomic E-state index is 0.00126. The van der Waals surface area contributed by atoms with Gasteiger partial charge in [-0.25, -0.2) is 0 Å². The molecule has 2 aliphatic rings. The third-order valence-electron chi connectivity index (χ3n) is 4.07. The summed E-state index contributed by atoms with van der Waals surface area (Å²) >= 11 is 0.879. The first-order chi connectivity index (χ1) is 11.1. The summed E-state index contributed by atoms with van der Waals surface area (Å²) in [6.07, 6.45) is 1.33. The van der Waals surface area contributed by atoms with E-state index in [1.807, 2.05) is 0 Å². The van der Waals surface area contributed by atoms with Gasteiger partial charge in [0.05, 0.1) is 9.80 Å². The topological polar surface area (TPSA) is 93.0 Å². The zero-order valence-electron chi connectivity index (χ0n) is 12.5. The molecule has 23 heavy (non-hydrogen) atoms. The Morgan fingerprint density at radius 2 is 1.91 bits per heavy atom. The summed E-state index contributed by atoms with van der Waals surface area (Å²) in [6.45, 7) is 2.44. The Labute approximate surface area is 136 Å². The largest absolute Gasteiger partial charge is 0.368 e. The highest BCUT2D eigenvalue weighted by atomic mass is 32.1.